The molecule has 7 nitrogen and oxygen atoms in total. The lowest BCUT2D eigenvalue weighted by Crippen LogP contribution is -2.43. The molecule has 0 unspecified atom stereocenters. The van der Waals surface area contributed by atoms with Crippen molar-refractivity contribution in [1.29, 1.82) is 0 Å². The molecule has 0 aromatic heterocycles. The van der Waals surface area contributed by atoms with E-state index in [2.05, 4.69) is 0 Å². The van der Waals surface area contributed by atoms with Gasteiger partial charge in [-0.25, -0.2) is 0 Å². The molecular formula is C15H25ClN4O3. The van der Waals surface area contributed by atoms with Gasteiger partial charge in [-0.3, -0.25) is 14.9 Å². The lowest BCUT2D eigenvalue weighted by atomic mass is 9.93. The molecule has 0 fully saturated rings. The van der Waals surface area contributed by atoms with Gasteiger partial charge < -0.3 is 15.5 Å². The number of halogens is 1. The first-order valence-corrected chi connectivity index (χ1v) is 7.06. The number of nitro benzene ring substituents is 1. The molecule has 0 saturated carbocycles. The first kappa shape index (κ1) is 21.1. The number of nitrogens with two attached hydrogens (primary N) is 1. The van der Waals surface area contributed by atoms with Crippen LogP contribution in [0.3, 0.4) is 0 Å². The number of benzene rings is 1. The Balaban J connectivity index is 0.00000484. The minimum Gasteiger partial charge on any atom is -0.360 e. The lowest BCUT2D eigenvalue weighted by Gasteiger charge is -2.30. The molecule has 1 rings (SSSR count). The molecule has 0 aliphatic rings. The molecule has 0 bridgehead atoms. The Kier molecular flexibility index (Phi) is 7.99. The van der Waals surface area contributed by atoms with E-state index in [1.165, 1.54) is 6.07 Å². The first-order valence-electron chi connectivity index (χ1n) is 7.06. The molecule has 0 aliphatic heterocycles. The zero-order chi connectivity index (χ0) is 16.9. The summed E-state index contributed by atoms with van der Waals surface area (Å²) in [7, 11) is 3.38. The number of para-hydroxylation sites is 2. The number of nitro groups is 1. The number of likely N-dealkylation sites (N-methyl/N-ethyl adjacent to an activating group) is 2. The molecule has 130 valence electrons. The highest BCUT2D eigenvalue weighted by Gasteiger charge is 2.23. The fourth-order valence-corrected chi connectivity index (χ4v) is 2.14. The van der Waals surface area contributed by atoms with E-state index >= 15 is 0 Å². The van der Waals surface area contributed by atoms with Gasteiger partial charge in [-0.1, -0.05) is 26.0 Å². The van der Waals surface area contributed by atoms with Crippen LogP contribution in [0.15, 0.2) is 24.3 Å². The predicted octanol–water partition coefficient (Wildman–Crippen LogP) is 1.90. The second-order valence-corrected chi connectivity index (χ2v) is 6.22. The normalized spacial score (nSPS) is 10.7. The van der Waals surface area contributed by atoms with Gasteiger partial charge in [0.1, 0.15) is 5.69 Å². The minimum atomic E-state index is -0.447. The largest absolute Gasteiger partial charge is 0.360 e. The van der Waals surface area contributed by atoms with E-state index < -0.39 is 4.92 Å². The molecule has 23 heavy (non-hydrogen) atoms. The number of carbonyl (C=O) groups is 1. The maximum Gasteiger partial charge on any atom is 0.292 e. The fourth-order valence-electron chi connectivity index (χ4n) is 2.14. The second-order valence-electron chi connectivity index (χ2n) is 6.22. The molecule has 1 aromatic rings. The van der Waals surface area contributed by atoms with Gasteiger partial charge in [-0.05, 0) is 18.0 Å². The molecular weight excluding hydrogens is 320 g/mol. The third kappa shape index (κ3) is 6.03. The topological polar surface area (TPSA) is 92.7 Å². The number of hydrogen-bond donors (Lipinski definition) is 1. The number of hydrogen-bond acceptors (Lipinski definition) is 5. The van der Waals surface area contributed by atoms with Gasteiger partial charge >= 0.3 is 0 Å². The van der Waals surface area contributed by atoms with E-state index in [9.17, 15) is 14.9 Å². The quantitative estimate of drug-likeness (QED) is 0.602. The average molecular weight is 345 g/mol. The number of anilines is 1. The van der Waals surface area contributed by atoms with E-state index in [0.29, 0.717) is 18.8 Å². The van der Waals surface area contributed by atoms with Crippen molar-refractivity contribution in [3.63, 3.8) is 0 Å². The van der Waals surface area contributed by atoms with Crippen LogP contribution < -0.4 is 10.6 Å². The first-order chi connectivity index (χ1) is 10.2. The Bertz CT molecular complexity index is 551. The Morgan fingerprint density at radius 1 is 1.30 bits per heavy atom. The lowest BCUT2D eigenvalue weighted by molar-refractivity contribution is -0.384. The second kappa shape index (κ2) is 8.69. The van der Waals surface area contributed by atoms with Crippen LogP contribution >= 0.6 is 12.4 Å². The van der Waals surface area contributed by atoms with E-state index in [-0.39, 0.29) is 36.0 Å². The average Bonchev–Trinajstić information content (AvgIpc) is 2.46. The summed E-state index contributed by atoms with van der Waals surface area (Å²) < 4.78 is 0. The third-order valence-corrected chi connectivity index (χ3v) is 3.51. The Morgan fingerprint density at radius 3 is 2.39 bits per heavy atom. The van der Waals surface area contributed by atoms with E-state index in [1.807, 2.05) is 13.8 Å². The summed E-state index contributed by atoms with van der Waals surface area (Å²) in [6, 6.07) is 6.38. The fraction of sp³-hybridized carbons (Fsp3) is 0.533. The molecule has 1 aromatic carbocycles. The van der Waals surface area contributed by atoms with Crippen LogP contribution in [0.4, 0.5) is 11.4 Å². The molecule has 0 heterocycles. The summed E-state index contributed by atoms with van der Waals surface area (Å²) in [5.41, 5.74) is 5.92. The predicted molar refractivity (Wildman–Crippen MR) is 94.1 cm³/mol. The third-order valence-electron chi connectivity index (χ3n) is 3.51. The van der Waals surface area contributed by atoms with E-state index in [1.54, 1.807) is 42.1 Å². The van der Waals surface area contributed by atoms with Crippen molar-refractivity contribution < 1.29 is 9.72 Å². The molecule has 8 heteroatoms. The molecule has 0 radical (unpaired) electrons. The van der Waals surface area contributed by atoms with Crippen LogP contribution in [0.1, 0.15) is 13.8 Å². The zero-order valence-electron chi connectivity index (χ0n) is 14.0. The smallest absolute Gasteiger partial charge is 0.292 e. The van der Waals surface area contributed by atoms with Crippen molar-refractivity contribution in [2.45, 2.75) is 13.8 Å². The van der Waals surface area contributed by atoms with Crippen LogP contribution in [-0.4, -0.2) is 49.5 Å². The summed E-state index contributed by atoms with van der Waals surface area (Å²) in [5.74, 6) is -0.109. The van der Waals surface area contributed by atoms with Gasteiger partial charge in [0.25, 0.3) is 5.69 Å². The standard InChI is InChI=1S/C15H24N4O3.ClH/c1-15(2,10-16)11-18(4)14(20)9-17(3)12-7-5-6-8-13(12)19(21)22;/h5-8H,9-11,16H2,1-4H3;1H. The molecule has 0 spiro atoms. The number of amides is 1. The SMILES string of the molecule is CN(CC(C)(C)CN)C(=O)CN(C)c1ccccc1[N+](=O)[O-].Cl. The minimum absolute atomic E-state index is 0. The Morgan fingerprint density at radius 2 is 1.87 bits per heavy atom. The molecule has 0 atom stereocenters. The van der Waals surface area contributed by atoms with Gasteiger partial charge in [-0.15, -0.1) is 12.4 Å². The van der Waals surface area contributed by atoms with Crippen LogP contribution in [0.2, 0.25) is 0 Å². The number of carbonyl (C=O) groups excluding carboxylic acids is 1. The van der Waals surface area contributed by atoms with Crippen molar-refractivity contribution in [3.05, 3.63) is 34.4 Å². The summed E-state index contributed by atoms with van der Waals surface area (Å²) in [6.45, 7) is 5.06. The number of nitrogens with zero attached hydrogens (tertiary/aromatic N) is 3. The zero-order valence-corrected chi connectivity index (χ0v) is 14.8. The van der Waals surface area contributed by atoms with Crippen LogP contribution in [0, 0.1) is 15.5 Å². The van der Waals surface area contributed by atoms with Crippen LogP contribution in [-0.2, 0) is 4.79 Å². The van der Waals surface area contributed by atoms with Crippen molar-refractivity contribution in [2.75, 3.05) is 38.6 Å². The Labute approximate surface area is 143 Å². The summed E-state index contributed by atoms with van der Waals surface area (Å²) in [5, 5.41) is 11.0. The van der Waals surface area contributed by atoms with Gasteiger partial charge in [0.15, 0.2) is 0 Å². The van der Waals surface area contributed by atoms with Crippen molar-refractivity contribution in [2.24, 2.45) is 11.1 Å². The van der Waals surface area contributed by atoms with Crippen molar-refractivity contribution in [1.82, 2.24) is 4.90 Å². The van der Waals surface area contributed by atoms with E-state index in [0.717, 1.165) is 0 Å². The molecule has 1 amide bonds. The maximum atomic E-state index is 12.3. The molecule has 2 N–H and O–H groups in total. The van der Waals surface area contributed by atoms with Gasteiger partial charge in [-0.2, -0.15) is 0 Å². The van der Waals surface area contributed by atoms with Crippen molar-refractivity contribution in [3.8, 4) is 0 Å². The molecule has 0 aliphatic carbocycles. The van der Waals surface area contributed by atoms with Gasteiger partial charge in [0.05, 0.1) is 11.5 Å². The van der Waals surface area contributed by atoms with Crippen molar-refractivity contribution >= 4 is 29.7 Å². The van der Waals surface area contributed by atoms with E-state index in [4.69, 9.17) is 5.73 Å². The van der Waals surface area contributed by atoms with Gasteiger partial charge in [0, 0.05) is 26.7 Å². The summed E-state index contributed by atoms with van der Waals surface area (Å²) in [6.07, 6.45) is 0. The highest BCUT2D eigenvalue weighted by molar-refractivity contribution is 5.85. The Hall–Kier alpha value is -1.86. The summed E-state index contributed by atoms with van der Waals surface area (Å²) in [4.78, 5) is 26.1. The highest BCUT2D eigenvalue weighted by Crippen LogP contribution is 2.26. The van der Waals surface area contributed by atoms with Gasteiger partial charge in [0.2, 0.25) is 5.91 Å². The number of rotatable bonds is 7. The monoisotopic (exact) mass is 344 g/mol. The summed E-state index contributed by atoms with van der Waals surface area (Å²) >= 11 is 0. The highest BCUT2D eigenvalue weighted by atomic mass is 35.5. The maximum absolute atomic E-state index is 12.3. The van der Waals surface area contributed by atoms with Crippen LogP contribution in [0.25, 0.3) is 0 Å². The molecule has 0 saturated heterocycles. The van der Waals surface area contributed by atoms with Crippen LogP contribution in [0.5, 0.6) is 0 Å².